The lowest BCUT2D eigenvalue weighted by Gasteiger charge is -2.35. The van der Waals surface area contributed by atoms with Crippen LogP contribution in [0.15, 0.2) is 30.9 Å². The topological polar surface area (TPSA) is 64.6 Å². The van der Waals surface area contributed by atoms with Crippen molar-refractivity contribution in [1.82, 2.24) is 0 Å². The van der Waals surface area contributed by atoms with E-state index in [4.69, 9.17) is 9.47 Å². The number of ether oxygens (including phenoxy) is 2. The summed E-state index contributed by atoms with van der Waals surface area (Å²) in [7, 11) is 0. The minimum atomic E-state index is -0.495. The highest BCUT2D eigenvalue weighted by atomic mass is 16.5. The standard InChI is InChI=1S/C20H25NO4/c1-4-7-20(8-10-24-11-9-20)18(23)21-14-5-6-17-15(12-14)16(22)13-19(2,3)25-17/h4-6,12H,1,7-11,13H2,2-3H3,(H,21,23). The van der Waals surface area contributed by atoms with Gasteiger partial charge in [-0.05, 0) is 51.3 Å². The van der Waals surface area contributed by atoms with Crippen LogP contribution in [-0.2, 0) is 9.53 Å². The first-order chi connectivity index (χ1) is 11.9. The Morgan fingerprint density at radius 2 is 2.04 bits per heavy atom. The Morgan fingerprint density at radius 3 is 2.72 bits per heavy atom. The normalized spacial score (nSPS) is 21.0. The van der Waals surface area contributed by atoms with Gasteiger partial charge < -0.3 is 14.8 Å². The molecule has 2 aliphatic rings. The second-order valence-corrected chi connectivity index (χ2v) is 7.51. The number of Topliss-reactive ketones (excluding diaryl/α,β-unsaturated/α-hetero) is 1. The van der Waals surface area contributed by atoms with Crippen LogP contribution in [0.4, 0.5) is 5.69 Å². The predicted octanol–water partition coefficient (Wildman–Crippen LogP) is 3.74. The third kappa shape index (κ3) is 3.61. The number of anilines is 1. The maximum atomic E-state index is 12.9. The number of fused-ring (bicyclic) bond motifs is 1. The zero-order valence-corrected chi connectivity index (χ0v) is 14.9. The summed E-state index contributed by atoms with van der Waals surface area (Å²) in [4.78, 5) is 25.3. The fraction of sp³-hybridized carbons (Fsp3) is 0.500. The van der Waals surface area contributed by atoms with Gasteiger partial charge in [0.2, 0.25) is 5.91 Å². The Bertz CT molecular complexity index is 702. The van der Waals surface area contributed by atoms with E-state index in [0.29, 0.717) is 55.9 Å². The Labute approximate surface area is 148 Å². The van der Waals surface area contributed by atoms with Gasteiger partial charge in [0.1, 0.15) is 11.4 Å². The highest BCUT2D eigenvalue weighted by Crippen LogP contribution is 2.38. The van der Waals surface area contributed by atoms with E-state index in [1.807, 2.05) is 13.8 Å². The molecule has 1 N–H and O–H groups in total. The summed E-state index contributed by atoms with van der Waals surface area (Å²) in [5.41, 5.74) is 0.167. The van der Waals surface area contributed by atoms with E-state index >= 15 is 0 Å². The van der Waals surface area contributed by atoms with E-state index in [2.05, 4.69) is 11.9 Å². The molecule has 5 nitrogen and oxygen atoms in total. The average molecular weight is 343 g/mol. The van der Waals surface area contributed by atoms with Gasteiger partial charge >= 0.3 is 0 Å². The number of hydrogen-bond donors (Lipinski definition) is 1. The molecule has 0 atom stereocenters. The first kappa shape index (κ1) is 17.7. The maximum Gasteiger partial charge on any atom is 0.231 e. The molecule has 0 bridgehead atoms. The second-order valence-electron chi connectivity index (χ2n) is 7.51. The highest BCUT2D eigenvalue weighted by molar-refractivity contribution is 6.02. The van der Waals surface area contributed by atoms with Crippen molar-refractivity contribution in [2.24, 2.45) is 5.41 Å². The summed E-state index contributed by atoms with van der Waals surface area (Å²) in [6.45, 7) is 8.73. The van der Waals surface area contributed by atoms with Crippen LogP contribution in [0, 0.1) is 5.41 Å². The maximum absolute atomic E-state index is 12.9. The zero-order chi connectivity index (χ0) is 18.1. The number of nitrogens with one attached hydrogen (secondary N) is 1. The molecule has 0 aromatic heterocycles. The molecule has 0 aliphatic carbocycles. The third-order valence-corrected chi connectivity index (χ3v) is 4.98. The van der Waals surface area contributed by atoms with Crippen molar-refractivity contribution in [3.8, 4) is 5.75 Å². The van der Waals surface area contributed by atoms with E-state index in [0.717, 1.165) is 0 Å². The van der Waals surface area contributed by atoms with Gasteiger partial charge in [0.25, 0.3) is 0 Å². The van der Waals surface area contributed by atoms with Crippen LogP contribution in [0.2, 0.25) is 0 Å². The van der Waals surface area contributed by atoms with Crippen LogP contribution in [-0.4, -0.2) is 30.5 Å². The molecule has 5 heteroatoms. The zero-order valence-electron chi connectivity index (χ0n) is 14.9. The number of rotatable bonds is 4. The van der Waals surface area contributed by atoms with Gasteiger partial charge in [-0.25, -0.2) is 0 Å². The van der Waals surface area contributed by atoms with Gasteiger partial charge in [0, 0.05) is 18.9 Å². The Morgan fingerprint density at radius 1 is 1.32 bits per heavy atom. The fourth-order valence-corrected chi connectivity index (χ4v) is 3.56. The van der Waals surface area contributed by atoms with E-state index in [9.17, 15) is 9.59 Å². The summed E-state index contributed by atoms with van der Waals surface area (Å²) in [5.74, 6) is 0.570. The lowest BCUT2D eigenvalue weighted by Crippen LogP contribution is -2.41. The smallest absolute Gasteiger partial charge is 0.231 e. The number of amides is 1. The molecular weight excluding hydrogens is 318 g/mol. The van der Waals surface area contributed by atoms with E-state index < -0.39 is 11.0 Å². The van der Waals surface area contributed by atoms with Crippen molar-refractivity contribution in [2.45, 2.75) is 45.1 Å². The highest BCUT2D eigenvalue weighted by Gasteiger charge is 2.39. The molecule has 0 saturated carbocycles. The van der Waals surface area contributed by atoms with Crippen LogP contribution in [0.3, 0.4) is 0 Å². The number of carbonyl (C=O) groups excluding carboxylic acids is 2. The molecule has 2 heterocycles. The van der Waals surface area contributed by atoms with Crippen molar-refractivity contribution >= 4 is 17.4 Å². The molecule has 1 saturated heterocycles. The molecule has 25 heavy (non-hydrogen) atoms. The number of hydrogen-bond acceptors (Lipinski definition) is 4. The van der Waals surface area contributed by atoms with Gasteiger partial charge in [0.15, 0.2) is 5.78 Å². The van der Waals surface area contributed by atoms with Gasteiger partial charge in [-0.3, -0.25) is 9.59 Å². The van der Waals surface area contributed by atoms with Gasteiger partial charge in [-0.1, -0.05) is 6.08 Å². The number of benzene rings is 1. The first-order valence-electron chi connectivity index (χ1n) is 8.72. The van der Waals surface area contributed by atoms with Crippen molar-refractivity contribution in [3.05, 3.63) is 36.4 Å². The molecule has 2 aliphatic heterocycles. The molecular formula is C20H25NO4. The fourth-order valence-electron chi connectivity index (χ4n) is 3.56. The quantitative estimate of drug-likeness (QED) is 0.846. The summed E-state index contributed by atoms with van der Waals surface area (Å²) in [5, 5.41) is 2.98. The summed E-state index contributed by atoms with van der Waals surface area (Å²) >= 11 is 0. The molecule has 3 rings (SSSR count). The molecule has 1 amide bonds. The van der Waals surface area contributed by atoms with Crippen LogP contribution < -0.4 is 10.1 Å². The second kappa shape index (κ2) is 6.64. The van der Waals surface area contributed by atoms with Crippen LogP contribution in [0.25, 0.3) is 0 Å². The summed E-state index contributed by atoms with van der Waals surface area (Å²) < 4.78 is 11.3. The molecule has 134 valence electrons. The summed E-state index contributed by atoms with van der Waals surface area (Å²) in [6.07, 6.45) is 4.08. The lowest BCUT2D eigenvalue weighted by atomic mass is 9.76. The van der Waals surface area contributed by atoms with Crippen molar-refractivity contribution < 1.29 is 19.1 Å². The largest absolute Gasteiger partial charge is 0.487 e. The monoisotopic (exact) mass is 343 g/mol. The third-order valence-electron chi connectivity index (χ3n) is 4.98. The van der Waals surface area contributed by atoms with E-state index in [-0.39, 0.29) is 11.7 Å². The molecule has 1 aromatic rings. The minimum Gasteiger partial charge on any atom is -0.487 e. The van der Waals surface area contributed by atoms with Crippen molar-refractivity contribution in [1.29, 1.82) is 0 Å². The van der Waals surface area contributed by atoms with Crippen LogP contribution >= 0.6 is 0 Å². The first-order valence-corrected chi connectivity index (χ1v) is 8.72. The van der Waals surface area contributed by atoms with E-state index in [1.165, 1.54) is 0 Å². The number of ketones is 1. The van der Waals surface area contributed by atoms with Gasteiger partial charge in [-0.15, -0.1) is 6.58 Å². The Hall–Kier alpha value is -2.14. The Kier molecular flexibility index (Phi) is 4.69. The molecule has 0 unspecified atom stereocenters. The predicted molar refractivity (Wildman–Crippen MR) is 96.0 cm³/mol. The lowest BCUT2D eigenvalue weighted by molar-refractivity contribution is -0.130. The molecule has 0 radical (unpaired) electrons. The van der Waals surface area contributed by atoms with Gasteiger partial charge in [-0.2, -0.15) is 0 Å². The number of allylic oxidation sites excluding steroid dienone is 1. The molecule has 0 spiro atoms. The molecule has 1 fully saturated rings. The van der Waals surface area contributed by atoms with Crippen LogP contribution in [0.5, 0.6) is 5.75 Å². The van der Waals surface area contributed by atoms with Crippen molar-refractivity contribution in [3.63, 3.8) is 0 Å². The average Bonchev–Trinajstić information content (AvgIpc) is 2.55. The summed E-state index contributed by atoms with van der Waals surface area (Å²) in [6, 6.07) is 5.26. The van der Waals surface area contributed by atoms with Gasteiger partial charge in [0.05, 0.1) is 17.4 Å². The molecule has 1 aromatic carbocycles. The number of carbonyl (C=O) groups is 2. The van der Waals surface area contributed by atoms with Crippen LogP contribution in [0.1, 0.15) is 49.9 Å². The Balaban J connectivity index is 1.81. The van der Waals surface area contributed by atoms with Crippen molar-refractivity contribution in [2.75, 3.05) is 18.5 Å². The van der Waals surface area contributed by atoms with E-state index in [1.54, 1.807) is 24.3 Å². The SMILES string of the molecule is C=CCC1(C(=O)Nc2ccc3c(c2)C(=O)CC(C)(C)O3)CCOCC1. The minimum absolute atomic E-state index is 0.0363.